The number of aromatic nitrogens is 1. The van der Waals surface area contributed by atoms with E-state index >= 15 is 0 Å². The van der Waals surface area contributed by atoms with Crippen molar-refractivity contribution in [3.8, 4) is 0 Å². The normalized spacial score (nSPS) is 17.4. The van der Waals surface area contributed by atoms with Gasteiger partial charge in [0.25, 0.3) is 0 Å². The third-order valence-electron chi connectivity index (χ3n) is 6.72. The molecule has 0 saturated carbocycles. The summed E-state index contributed by atoms with van der Waals surface area (Å²) in [6, 6.07) is 12.1. The second kappa shape index (κ2) is 9.06. The van der Waals surface area contributed by atoms with E-state index in [-0.39, 0.29) is 27.3 Å². The highest BCUT2D eigenvalue weighted by Crippen LogP contribution is 2.35. The zero-order valence-corrected chi connectivity index (χ0v) is 22.3. The predicted octanol–water partition coefficient (Wildman–Crippen LogP) is 5.92. The Morgan fingerprint density at radius 2 is 1.83 bits per heavy atom. The van der Waals surface area contributed by atoms with Crippen LogP contribution in [0.5, 0.6) is 0 Å². The number of halogens is 1. The van der Waals surface area contributed by atoms with Crippen LogP contribution in [0.25, 0.3) is 10.9 Å². The summed E-state index contributed by atoms with van der Waals surface area (Å²) in [6.45, 7) is 11.4. The molecule has 1 saturated heterocycles. The van der Waals surface area contributed by atoms with Gasteiger partial charge in [0, 0.05) is 53.5 Å². The molecule has 2 heterocycles. The number of carboxylic acid groups (broad SMARTS) is 1. The largest absolute Gasteiger partial charge is 0.465 e. The first kappa shape index (κ1) is 25.4. The van der Waals surface area contributed by atoms with Gasteiger partial charge in [0.05, 0.1) is 15.8 Å². The van der Waals surface area contributed by atoms with E-state index in [0.717, 1.165) is 11.2 Å². The van der Waals surface area contributed by atoms with E-state index in [1.807, 2.05) is 51.3 Å². The van der Waals surface area contributed by atoms with E-state index in [9.17, 15) is 18.3 Å². The highest BCUT2D eigenvalue weighted by Gasteiger charge is 2.38. The molecule has 1 aromatic heterocycles. The quantitative estimate of drug-likeness (QED) is 0.464. The fourth-order valence-electron chi connectivity index (χ4n) is 4.80. The maximum Gasteiger partial charge on any atom is 0.407 e. The van der Waals surface area contributed by atoms with Crippen LogP contribution in [0.15, 0.2) is 58.5 Å². The van der Waals surface area contributed by atoms with Crippen LogP contribution in [0.2, 0.25) is 5.02 Å². The molecule has 1 atom stereocenters. The molecule has 7 nitrogen and oxygen atoms in total. The standard InChI is InChI=1S/C26H32ClN3O4S/c1-17(2)30-15-23(21-13-18(27)9-10-22(21)30)35(33,34)20-8-6-7-19(14-20)28-11-12-29(25(31)32)24(16-28)26(3,4)5/h6-10,13-15,17,24H,11-12,16H2,1-5H3,(H,31,32). The minimum Gasteiger partial charge on any atom is -0.465 e. The summed E-state index contributed by atoms with van der Waals surface area (Å²) in [5, 5.41) is 10.7. The highest BCUT2D eigenvalue weighted by molar-refractivity contribution is 7.91. The number of amides is 1. The molecule has 0 radical (unpaired) electrons. The van der Waals surface area contributed by atoms with Crippen molar-refractivity contribution in [2.24, 2.45) is 5.41 Å². The maximum atomic E-state index is 13.8. The summed E-state index contributed by atoms with van der Waals surface area (Å²) in [6.07, 6.45) is 0.760. The lowest BCUT2D eigenvalue weighted by atomic mass is 9.84. The van der Waals surface area contributed by atoms with Gasteiger partial charge in [0.1, 0.15) is 0 Å². The number of hydrogen-bond donors (Lipinski definition) is 1. The molecule has 1 aliphatic rings. The molecule has 3 aromatic rings. The van der Waals surface area contributed by atoms with E-state index in [4.69, 9.17) is 11.6 Å². The molecule has 1 unspecified atom stereocenters. The Morgan fingerprint density at radius 3 is 2.46 bits per heavy atom. The van der Waals surface area contributed by atoms with Gasteiger partial charge in [-0.1, -0.05) is 38.4 Å². The minimum absolute atomic E-state index is 0.0776. The van der Waals surface area contributed by atoms with Crippen LogP contribution >= 0.6 is 11.6 Å². The van der Waals surface area contributed by atoms with Gasteiger partial charge in [0.15, 0.2) is 0 Å². The molecule has 2 aromatic carbocycles. The Balaban J connectivity index is 1.74. The van der Waals surface area contributed by atoms with Gasteiger partial charge in [0.2, 0.25) is 9.84 Å². The second-order valence-electron chi connectivity index (χ2n) is 10.5. The Labute approximate surface area is 211 Å². The van der Waals surface area contributed by atoms with Crippen molar-refractivity contribution in [1.29, 1.82) is 0 Å². The van der Waals surface area contributed by atoms with E-state index in [2.05, 4.69) is 4.90 Å². The SMILES string of the molecule is CC(C)n1cc(S(=O)(=O)c2cccc(N3CCN(C(=O)O)C(C(C)(C)C)C3)c2)c2cc(Cl)ccc21. The highest BCUT2D eigenvalue weighted by atomic mass is 35.5. The lowest BCUT2D eigenvalue weighted by molar-refractivity contribution is 0.0748. The molecule has 1 N–H and O–H groups in total. The van der Waals surface area contributed by atoms with Crippen molar-refractivity contribution < 1.29 is 18.3 Å². The average Bonchev–Trinajstić information content (AvgIpc) is 3.18. The van der Waals surface area contributed by atoms with Crippen molar-refractivity contribution in [2.75, 3.05) is 24.5 Å². The third-order valence-corrected chi connectivity index (χ3v) is 8.74. The molecule has 1 fully saturated rings. The number of hydrogen-bond acceptors (Lipinski definition) is 4. The molecule has 188 valence electrons. The van der Waals surface area contributed by atoms with Gasteiger partial charge in [-0.15, -0.1) is 0 Å². The molecular formula is C26H32ClN3O4S. The van der Waals surface area contributed by atoms with Crippen molar-refractivity contribution in [3.05, 3.63) is 53.7 Å². The second-order valence-corrected chi connectivity index (χ2v) is 12.8. The lowest BCUT2D eigenvalue weighted by Gasteiger charge is -2.46. The monoisotopic (exact) mass is 517 g/mol. The first-order valence-corrected chi connectivity index (χ1v) is 13.6. The number of carbonyl (C=O) groups is 1. The Kier molecular flexibility index (Phi) is 6.57. The first-order valence-electron chi connectivity index (χ1n) is 11.7. The molecule has 1 aliphatic heterocycles. The van der Waals surface area contributed by atoms with Crippen LogP contribution in [0, 0.1) is 5.41 Å². The molecule has 0 aliphatic carbocycles. The lowest BCUT2D eigenvalue weighted by Crippen LogP contribution is -2.59. The number of piperazine rings is 1. The molecular weight excluding hydrogens is 486 g/mol. The third kappa shape index (κ3) is 4.74. The number of nitrogens with zero attached hydrogens (tertiary/aromatic N) is 3. The number of benzene rings is 2. The van der Waals surface area contributed by atoms with Gasteiger partial charge >= 0.3 is 6.09 Å². The number of rotatable bonds is 4. The van der Waals surface area contributed by atoms with E-state index in [1.165, 1.54) is 4.90 Å². The molecule has 1 amide bonds. The van der Waals surface area contributed by atoms with Gasteiger partial charge in [-0.25, -0.2) is 13.2 Å². The summed E-state index contributed by atoms with van der Waals surface area (Å²) >= 11 is 6.23. The zero-order valence-electron chi connectivity index (χ0n) is 20.7. The molecule has 9 heteroatoms. The summed E-state index contributed by atoms with van der Waals surface area (Å²) in [4.78, 5) is 15.8. The fraction of sp³-hybridized carbons (Fsp3) is 0.423. The van der Waals surface area contributed by atoms with E-state index in [0.29, 0.717) is 30.0 Å². The smallest absolute Gasteiger partial charge is 0.407 e. The van der Waals surface area contributed by atoms with E-state index in [1.54, 1.807) is 36.5 Å². The van der Waals surface area contributed by atoms with Crippen LogP contribution in [0.4, 0.5) is 10.5 Å². The summed E-state index contributed by atoms with van der Waals surface area (Å²) in [7, 11) is -3.83. The molecule has 0 bridgehead atoms. The topological polar surface area (TPSA) is 82.9 Å². The van der Waals surface area contributed by atoms with Crippen molar-refractivity contribution in [2.45, 2.75) is 56.5 Å². The summed E-state index contributed by atoms with van der Waals surface area (Å²) in [5.41, 5.74) is 1.31. The molecule has 4 rings (SSSR count). The van der Waals surface area contributed by atoms with Gasteiger partial charge in [-0.2, -0.15) is 0 Å². The van der Waals surface area contributed by atoms with Crippen LogP contribution in [-0.4, -0.2) is 54.8 Å². The molecule has 35 heavy (non-hydrogen) atoms. The van der Waals surface area contributed by atoms with Crippen LogP contribution in [0.3, 0.4) is 0 Å². The van der Waals surface area contributed by atoms with Crippen LogP contribution < -0.4 is 4.90 Å². The van der Waals surface area contributed by atoms with Crippen molar-refractivity contribution in [3.63, 3.8) is 0 Å². The number of fused-ring (bicyclic) bond motifs is 1. The Hall–Kier alpha value is -2.71. The van der Waals surface area contributed by atoms with Crippen LogP contribution in [-0.2, 0) is 9.84 Å². The average molecular weight is 518 g/mol. The summed E-state index contributed by atoms with van der Waals surface area (Å²) < 4.78 is 29.6. The molecule has 0 spiro atoms. The Bertz CT molecular complexity index is 1370. The first-order chi connectivity index (χ1) is 16.3. The minimum atomic E-state index is -3.83. The Morgan fingerprint density at radius 1 is 1.11 bits per heavy atom. The summed E-state index contributed by atoms with van der Waals surface area (Å²) in [5.74, 6) is 0. The van der Waals surface area contributed by atoms with Gasteiger partial charge in [-0.3, -0.25) is 0 Å². The number of anilines is 1. The zero-order chi connectivity index (χ0) is 25.7. The number of sulfone groups is 1. The van der Waals surface area contributed by atoms with Crippen LogP contribution in [0.1, 0.15) is 40.7 Å². The predicted molar refractivity (Wildman–Crippen MR) is 139 cm³/mol. The van der Waals surface area contributed by atoms with Gasteiger partial charge < -0.3 is 19.5 Å². The van der Waals surface area contributed by atoms with Gasteiger partial charge in [-0.05, 0) is 55.7 Å². The van der Waals surface area contributed by atoms with Crippen molar-refractivity contribution >= 4 is 44.1 Å². The van der Waals surface area contributed by atoms with E-state index < -0.39 is 15.9 Å². The maximum absolute atomic E-state index is 13.8. The van der Waals surface area contributed by atoms with Crippen molar-refractivity contribution in [1.82, 2.24) is 9.47 Å². The fourth-order valence-corrected chi connectivity index (χ4v) is 6.46.